The average molecular weight is 367 g/mol. The zero-order valence-electron chi connectivity index (χ0n) is 15.2. The standard InChI is InChI=1S/C18H30N4O2S/c1-12(2)17(19)18(24)21-10-15(23)20-9-8-16-22-14(11-25-16)13-6-4-3-5-7-13/h11-13,17H,3-10,19H2,1-2H3,(H,20,23)(H,21,24)/t17-/m0/s1. The molecule has 1 atom stereocenters. The topological polar surface area (TPSA) is 97.1 Å². The molecule has 4 N–H and O–H groups in total. The van der Waals surface area contributed by atoms with Crippen molar-refractivity contribution in [2.45, 2.75) is 64.3 Å². The van der Waals surface area contributed by atoms with Gasteiger partial charge < -0.3 is 16.4 Å². The molecule has 1 aliphatic carbocycles. The molecule has 1 aromatic rings. The van der Waals surface area contributed by atoms with E-state index in [0.717, 1.165) is 11.4 Å². The molecule has 1 aromatic heterocycles. The minimum atomic E-state index is -0.582. The number of carbonyl (C=O) groups excluding carboxylic acids is 2. The molecule has 25 heavy (non-hydrogen) atoms. The highest BCUT2D eigenvalue weighted by Crippen LogP contribution is 2.33. The van der Waals surface area contributed by atoms with Crippen LogP contribution in [0.4, 0.5) is 0 Å². The lowest BCUT2D eigenvalue weighted by Crippen LogP contribution is -2.47. The summed E-state index contributed by atoms with van der Waals surface area (Å²) in [5.41, 5.74) is 6.96. The molecule has 1 fully saturated rings. The van der Waals surface area contributed by atoms with Gasteiger partial charge in [0, 0.05) is 24.3 Å². The number of nitrogens with zero attached hydrogens (tertiary/aromatic N) is 1. The lowest BCUT2D eigenvalue weighted by Gasteiger charge is -2.19. The average Bonchev–Trinajstić information content (AvgIpc) is 3.08. The number of rotatable bonds is 8. The predicted octanol–water partition coefficient (Wildman–Crippen LogP) is 1.95. The maximum Gasteiger partial charge on any atom is 0.239 e. The second-order valence-corrected chi connectivity index (χ2v) is 8.03. The number of thiazole rings is 1. The van der Waals surface area contributed by atoms with E-state index in [4.69, 9.17) is 10.7 Å². The van der Waals surface area contributed by atoms with E-state index in [2.05, 4.69) is 16.0 Å². The summed E-state index contributed by atoms with van der Waals surface area (Å²) < 4.78 is 0. The number of aromatic nitrogens is 1. The fourth-order valence-electron chi connectivity index (χ4n) is 2.99. The fraction of sp³-hybridized carbons (Fsp3) is 0.722. The predicted molar refractivity (Wildman–Crippen MR) is 100 cm³/mol. The summed E-state index contributed by atoms with van der Waals surface area (Å²) in [6.45, 7) is 4.24. The van der Waals surface area contributed by atoms with Gasteiger partial charge >= 0.3 is 0 Å². The van der Waals surface area contributed by atoms with Gasteiger partial charge in [-0.25, -0.2) is 4.98 Å². The van der Waals surface area contributed by atoms with E-state index < -0.39 is 6.04 Å². The van der Waals surface area contributed by atoms with Gasteiger partial charge in [0.1, 0.15) is 0 Å². The van der Waals surface area contributed by atoms with Crippen molar-refractivity contribution in [2.75, 3.05) is 13.1 Å². The lowest BCUT2D eigenvalue weighted by molar-refractivity contribution is -0.127. The van der Waals surface area contributed by atoms with Crippen molar-refractivity contribution in [3.8, 4) is 0 Å². The van der Waals surface area contributed by atoms with Crippen molar-refractivity contribution >= 4 is 23.2 Å². The Balaban J connectivity index is 1.66. The molecule has 2 rings (SSSR count). The highest BCUT2D eigenvalue weighted by atomic mass is 32.1. The van der Waals surface area contributed by atoms with Gasteiger partial charge in [0.15, 0.2) is 0 Å². The molecule has 6 nitrogen and oxygen atoms in total. The van der Waals surface area contributed by atoms with E-state index in [1.165, 1.54) is 37.8 Å². The molecular weight excluding hydrogens is 336 g/mol. The van der Waals surface area contributed by atoms with Crippen LogP contribution in [0.15, 0.2) is 5.38 Å². The molecule has 1 aliphatic rings. The first-order chi connectivity index (χ1) is 12.0. The number of hydrogen-bond donors (Lipinski definition) is 3. The van der Waals surface area contributed by atoms with Crippen LogP contribution >= 0.6 is 11.3 Å². The van der Waals surface area contributed by atoms with Gasteiger partial charge in [-0.1, -0.05) is 33.1 Å². The molecule has 0 unspecified atom stereocenters. The Morgan fingerprint density at radius 3 is 2.68 bits per heavy atom. The van der Waals surface area contributed by atoms with Crippen molar-refractivity contribution in [3.05, 3.63) is 16.1 Å². The van der Waals surface area contributed by atoms with Crippen LogP contribution in [-0.2, 0) is 16.0 Å². The Bertz CT molecular complexity index is 567. The number of carbonyl (C=O) groups is 2. The molecule has 0 saturated heterocycles. The molecule has 0 bridgehead atoms. The van der Waals surface area contributed by atoms with E-state index in [0.29, 0.717) is 12.5 Å². The van der Waals surface area contributed by atoms with Gasteiger partial charge in [-0.05, 0) is 18.8 Å². The Morgan fingerprint density at radius 2 is 2.00 bits per heavy atom. The summed E-state index contributed by atoms with van der Waals surface area (Å²) in [5, 5.41) is 8.62. The summed E-state index contributed by atoms with van der Waals surface area (Å²) in [6.07, 6.45) is 7.18. The fourth-order valence-corrected chi connectivity index (χ4v) is 3.87. The van der Waals surface area contributed by atoms with E-state index in [1.807, 2.05) is 13.8 Å². The largest absolute Gasteiger partial charge is 0.354 e. The quantitative estimate of drug-likeness (QED) is 0.655. The van der Waals surface area contributed by atoms with E-state index >= 15 is 0 Å². The smallest absolute Gasteiger partial charge is 0.239 e. The van der Waals surface area contributed by atoms with Gasteiger partial charge in [0.05, 0.1) is 23.3 Å². The summed E-state index contributed by atoms with van der Waals surface area (Å²) >= 11 is 1.67. The van der Waals surface area contributed by atoms with Crippen LogP contribution in [-0.4, -0.2) is 35.9 Å². The Hall–Kier alpha value is -1.47. The van der Waals surface area contributed by atoms with Crippen molar-refractivity contribution in [2.24, 2.45) is 11.7 Å². The van der Waals surface area contributed by atoms with E-state index in [1.54, 1.807) is 11.3 Å². The van der Waals surface area contributed by atoms with Crippen molar-refractivity contribution in [3.63, 3.8) is 0 Å². The van der Waals surface area contributed by atoms with Crippen LogP contribution in [0, 0.1) is 5.92 Å². The highest BCUT2D eigenvalue weighted by Gasteiger charge is 2.19. The highest BCUT2D eigenvalue weighted by molar-refractivity contribution is 7.09. The Morgan fingerprint density at radius 1 is 1.28 bits per heavy atom. The lowest BCUT2D eigenvalue weighted by atomic mass is 9.87. The van der Waals surface area contributed by atoms with Crippen LogP contribution in [0.25, 0.3) is 0 Å². The number of amides is 2. The Labute approximate surface area is 154 Å². The van der Waals surface area contributed by atoms with Gasteiger partial charge in [0.25, 0.3) is 0 Å². The third-order valence-electron chi connectivity index (χ3n) is 4.70. The van der Waals surface area contributed by atoms with Crippen LogP contribution in [0.3, 0.4) is 0 Å². The van der Waals surface area contributed by atoms with Gasteiger partial charge in [0.2, 0.25) is 11.8 Å². The summed E-state index contributed by atoms with van der Waals surface area (Å²) in [6, 6.07) is -0.582. The Kier molecular flexibility index (Phi) is 7.84. The molecule has 7 heteroatoms. The minimum absolute atomic E-state index is 0.0373. The summed E-state index contributed by atoms with van der Waals surface area (Å²) in [7, 11) is 0. The van der Waals surface area contributed by atoms with Crippen LogP contribution < -0.4 is 16.4 Å². The first-order valence-corrected chi connectivity index (χ1v) is 10.1. The van der Waals surface area contributed by atoms with Crippen LogP contribution in [0.5, 0.6) is 0 Å². The van der Waals surface area contributed by atoms with Crippen molar-refractivity contribution in [1.82, 2.24) is 15.6 Å². The monoisotopic (exact) mass is 366 g/mol. The van der Waals surface area contributed by atoms with Gasteiger partial charge in [-0.15, -0.1) is 11.3 Å². The van der Waals surface area contributed by atoms with E-state index in [9.17, 15) is 9.59 Å². The normalized spacial score (nSPS) is 16.6. The third-order valence-corrected chi connectivity index (χ3v) is 5.62. The zero-order chi connectivity index (χ0) is 18.2. The number of nitrogens with two attached hydrogens (primary N) is 1. The first kappa shape index (κ1) is 19.8. The maximum atomic E-state index is 11.8. The molecular formula is C18H30N4O2S. The minimum Gasteiger partial charge on any atom is -0.354 e. The summed E-state index contributed by atoms with van der Waals surface area (Å²) in [4.78, 5) is 28.2. The summed E-state index contributed by atoms with van der Waals surface area (Å²) in [5.74, 6) is 0.176. The van der Waals surface area contributed by atoms with Gasteiger partial charge in [-0.3, -0.25) is 9.59 Å². The third kappa shape index (κ3) is 6.40. The number of hydrogen-bond acceptors (Lipinski definition) is 5. The maximum absolute atomic E-state index is 11.8. The van der Waals surface area contributed by atoms with E-state index in [-0.39, 0.29) is 24.3 Å². The number of nitrogens with one attached hydrogen (secondary N) is 2. The molecule has 1 saturated carbocycles. The molecule has 0 spiro atoms. The first-order valence-electron chi connectivity index (χ1n) is 9.21. The second-order valence-electron chi connectivity index (χ2n) is 7.09. The SMILES string of the molecule is CC(C)[C@H](N)C(=O)NCC(=O)NCCc1nc(C2CCCCC2)cs1. The van der Waals surface area contributed by atoms with Crippen LogP contribution in [0.1, 0.15) is 62.6 Å². The van der Waals surface area contributed by atoms with Gasteiger partial charge in [-0.2, -0.15) is 0 Å². The zero-order valence-corrected chi connectivity index (χ0v) is 16.0. The molecule has 140 valence electrons. The molecule has 2 amide bonds. The molecule has 1 heterocycles. The second kappa shape index (κ2) is 9.87. The van der Waals surface area contributed by atoms with Crippen molar-refractivity contribution in [1.29, 1.82) is 0 Å². The van der Waals surface area contributed by atoms with Crippen LogP contribution in [0.2, 0.25) is 0 Å². The molecule has 0 aliphatic heterocycles. The van der Waals surface area contributed by atoms with Crippen molar-refractivity contribution < 1.29 is 9.59 Å². The molecule has 0 aromatic carbocycles. The molecule has 0 radical (unpaired) electrons.